The number of hydrogen-bond donors (Lipinski definition) is 5. The number of primary sulfonamides is 1. The zero-order chi connectivity index (χ0) is 45.8. The Morgan fingerprint density at radius 1 is 0.703 bits per heavy atom. The molecular weight excluding hydrogens is 831 g/mol. The van der Waals surface area contributed by atoms with Crippen LogP contribution in [0.15, 0.2) is 126 Å². The number of amides is 4. The number of aromatic nitrogens is 1. The number of anilines is 3. The number of aromatic amines is 1. The fourth-order valence-electron chi connectivity index (χ4n) is 7.62. The third kappa shape index (κ3) is 12.2. The molecule has 0 saturated carbocycles. The molecule has 0 aliphatic rings. The Bertz CT molecular complexity index is 2700. The highest BCUT2D eigenvalue weighted by Crippen LogP contribution is 2.28. The molecule has 6 N–H and O–H groups in total. The summed E-state index contributed by atoms with van der Waals surface area (Å²) in [5.74, 6) is -0.837. The van der Waals surface area contributed by atoms with Crippen LogP contribution in [0, 0.1) is 0 Å². The van der Waals surface area contributed by atoms with E-state index in [0.717, 1.165) is 48.8 Å². The van der Waals surface area contributed by atoms with Crippen molar-refractivity contribution < 1.29 is 32.3 Å². The van der Waals surface area contributed by atoms with E-state index in [0.29, 0.717) is 58.6 Å². The van der Waals surface area contributed by atoms with Gasteiger partial charge in [-0.25, -0.2) is 23.1 Å². The van der Waals surface area contributed by atoms with E-state index < -0.39 is 16.1 Å². The van der Waals surface area contributed by atoms with Crippen LogP contribution in [-0.4, -0.2) is 80.3 Å². The average Bonchev–Trinajstić information content (AvgIpc) is 3.66. The number of urea groups is 1. The van der Waals surface area contributed by atoms with Gasteiger partial charge in [-0.15, -0.1) is 0 Å². The van der Waals surface area contributed by atoms with Crippen LogP contribution >= 0.6 is 0 Å². The molecule has 0 spiro atoms. The topological polar surface area (TPSA) is 196 Å². The molecule has 1 aromatic heterocycles. The summed E-state index contributed by atoms with van der Waals surface area (Å²) in [5, 5.41) is 14.6. The van der Waals surface area contributed by atoms with Gasteiger partial charge in [-0.1, -0.05) is 74.5 Å². The van der Waals surface area contributed by atoms with Crippen molar-refractivity contribution in [3.05, 3.63) is 155 Å². The number of fused-ring (bicyclic) bond motifs is 1. The molecule has 6 aromatic rings. The number of para-hydroxylation sites is 1. The van der Waals surface area contributed by atoms with Gasteiger partial charge in [0, 0.05) is 60.6 Å². The predicted octanol–water partition coefficient (Wildman–Crippen LogP) is 8.44. The van der Waals surface area contributed by atoms with Gasteiger partial charge in [0.1, 0.15) is 5.82 Å². The molecule has 6 rings (SSSR count). The van der Waals surface area contributed by atoms with Gasteiger partial charge in [0.15, 0.2) is 0 Å². The Balaban J connectivity index is 1.09. The fraction of sp³-hybridized carbons (Fsp3) is 0.265. The van der Waals surface area contributed by atoms with E-state index in [4.69, 9.17) is 9.88 Å². The van der Waals surface area contributed by atoms with Crippen molar-refractivity contribution in [3.63, 3.8) is 0 Å². The largest absolute Gasteiger partial charge is 0.465 e. The third-order valence-corrected chi connectivity index (χ3v) is 12.1. The summed E-state index contributed by atoms with van der Waals surface area (Å²) in [6, 6.07) is 35.5. The number of hydrogen-bond acceptors (Lipinski definition) is 8. The van der Waals surface area contributed by atoms with E-state index in [-0.39, 0.29) is 34.5 Å². The molecule has 64 heavy (non-hydrogen) atoms. The number of carbonyl (C=O) groups excluding carboxylic acids is 4. The van der Waals surface area contributed by atoms with Gasteiger partial charge in [-0.2, -0.15) is 0 Å². The van der Waals surface area contributed by atoms with Gasteiger partial charge in [-0.05, 0) is 109 Å². The minimum Gasteiger partial charge on any atom is -0.465 e. The number of nitrogens with two attached hydrogens (primary N) is 1. The lowest BCUT2D eigenvalue weighted by atomic mass is 10.0. The van der Waals surface area contributed by atoms with E-state index >= 15 is 0 Å². The predicted molar refractivity (Wildman–Crippen MR) is 251 cm³/mol. The number of ether oxygens (including phenoxy) is 1. The number of methoxy groups -OCH3 is 1. The number of nitrogens with one attached hydrogen (secondary N) is 4. The van der Waals surface area contributed by atoms with Gasteiger partial charge in [0.2, 0.25) is 10.0 Å². The maximum Gasteiger partial charge on any atom is 0.337 e. The van der Waals surface area contributed by atoms with E-state index in [1.807, 2.05) is 78.9 Å². The van der Waals surface area contributed by atoms with Crippen molar-refractivity contribution in [1.29, 1.82) is 0 Å². The lowest BCUT2D eigenvalue weighted by Crippen LogP contribution is -2.42. The van der Waals surface area contributed by atoms with Crippen molar-refractivity contribution in [3.8, 4) is 0 Å². The SMILES string of the molecule is CCC(CC)N(CCN(C)C(=O)Nc1cccc(S(N)(=O)=O)c1)Cc1cccc(C(=O)Nc2[nH]c3ccccc3c2C(=O)Nc2ccc(CCCc3ccc(C(=O)OC)cc3)cc2)c1. The first-order valence-corrected chi connectivity index (χ1v) is 22.8. The summed E-state index contributed by atoms with van der Waals surface area (Å²) in [6.07, 6.45) is 4.34. The van der Waals surface area contributed by atoms with Gasteiger partial charge in [0.25, 0.3) is 11.8 Å². The standard InChI is InChI=1S/C49H55N7O7S/c1-5-40(6-2)56(29-28-55(3)49(60)52-39-16-11-17-41(31-39)64(50,61)62)32-35-14-10-15-37(30-35)46(57)54-45-44(42-18-7-8-19-43(42)53-45)47(58)51-38-26-22-34(23-27-38)13-9-12-33-20-24-36(25-21-33)48(59)63-4/h7-8,10-11,14-27,30-31,40,53H,5-6,9,12-13,28-29,32H2,1-4H3,(H,51,58)(H,52,60)(H,54,57)(H2,50,61,62). The van der Waals surface area contributed by atoms with E-state index in [9.17, 15) is 27.6 Å². The van der Waals surface area contributed by atoms with E-state index in [1.54, 1.807) is 31.3 Å². The molecule has 0 fully saturated rings. The first-order chi connectivity index (χ1) is 30.8. The molecule has 0 atom stereocenters. The molecule has 0 aliphatic carbocycles. The summed E-state index contributed by atoms with van der Waals surface area (Å²) < 4.78 is 28.4. The van der Waals surface area contributed by atoms with Crippen molar-refractivity contribution in [2.75, 3.05) is 43.2 Å². The molecule has 0 saturated heterocycles. The van der Waals surface area contributed by atoms with Gasteiger partial charge >= 0.3 is 12.0 Å². The maximum absolute atomic E-state index is 13.9. The average molecular weight is 886 g/mol. The lowest BCUT2D eigenvalue weighted by Gasteiger charge is -2.32. The van der Waals surface area contributed by atoms with Crippen LogP contribution in [0.25, 0.3) is 10.9 Å². The molecule has 0 aliphatic heterocycles. The second kappa shape index (κ2) is 21.5. The second-order valence-corrected chi connectivity index (χ2v) is 17.2. The number of esters is 1. The van der Waals surface area contributed by atoms with Crippen LogP contribution in [0.1, 0.15) is 80.9 Å². The number of H-pyrrole nitrogens is 1. The first kappa shape index (κ1) is 46.7. The Hall–Kier alpha value is -6.81. The highest BCUT2D eigenvalue weighted by Gasteiger charge is 2.23. The molecule has 334 valence electrons. The van der Waals surface area contributed by atoms with Crippen LogP contribution in [0.4, 0.5) is 22.0 Å². The minimum atomic E-state index is -3.93. The molecular formula is C49H55N7O7S. The fourth-order valence-corrected chi connectivity index (χ4v) is 8.18. The summed E-state index contributed by atoms with van der Waals surface area (Å²) >= 11 is 0. The van der Waals surface area contributed by atoms with E-state index in [1.165, 1.54) is 30.2 Å². The quantitative estimate of drug-likeness (QED) is 0.0500. The number of rotatable bonds is 19. The van der Waals surface area contributed by atoms with Gasteiger partial charge in [0.05, 0.1) is 23.1 Å². The van der Waals surface area contributed by atoms with Crippen LogP contribution < -0.4 is 21.1 Å². The summed E-state index contributed by atoms with van der Waals surface area (Å²) in [6.45, 7) is 5.66. The van der Waals surface area contributed by atoms with Crippen LogP contribution in [0.3, 0.4) is 0 Å². The van der Waals surface area contributed by atoms with Crippen molar-refractivity contribution in [1.82, 2.24) is 14.8 Å². The molecule has 5 aromatic carbocycles. The Morgan fingerprint density at radius 3 is 2.05 bits per heavy atom. The third-order valence-electron chi connectivity index (χ3n) is 11.2. The number of sulfonamides is 1. The zero-order valence-corrected chi connectivity index (χ0v) is 37.3. The number of nitrogens with zero attached hydrogens (tertiary/aromatic N) is 2. The van der Waals surface area contributed by atoms with Gasteiger partial charge in [-0.3, -0.25) is 14.5 Å². The highest BCUT2D eigenvalue weighted by atomic mass is 32.2. The number of likely N-dealkylation sites (N-methyl/N-ethyl adjacent to an activating group) is 1. The van der Waals surface area contributed by atoms with Crippen LogP contribution in [-0.2, 0) is 34.1 Å². The molecule has 14 nitrogen and oxygen atoms in total. The van der Waals surface area contributed by atoms with Crippen LogP contribution in [0.2, 0.25) is 0 Å². The molecule has 0 unspecified atom stereocenters. The molecule has 1 heterocycles. The zero-order valence-electron chi connectivity index (χ0n) is 36.5. The van der Waals surface area contributed by atoms with Crippen molar-refractivity contribution >= 4 is 61.9 Å². The maximum atomic E-state index is 13.9. The molecule has 0 bridgehead atoms. The number of aryl methyl sites for hydroxylation is 2. The molecule has 0 radical (unpaired) electrons. The highest BCUT2D eigenvalue weighted by molar-refractivity contribution is 7.89. The first-order valence-electron chi connectivity index (χ1n) is 21.2. The molecule has 4 amide bonds. The normalized spacial score (nSPS) is 11.4. The minimum absolute atomic E-state index is 0.0963. The van der Waals surface area contributed by atoms with Crippen molar-refractivity contribution in [2.24, 2.45) is 5.14 Å². The monoisotopic (exact) mass is 885 g/mol. The Labute approximate surface area is 374 Å². The Kier molecular flexibility index (Phi) is 15.7. The second-order valence-electron chi connectivity index (χ2n) is 15.6. The Morgan fingerprint density at radius 2 is 1.38 bits per heavy atom. The summed E-state index contributed by atoms with van der Waals surface area (Å²) in [7, 11) is -0.890. The lowest BCUT2D eigenvalue weighted by molar-refractivity contribution is 0.0600. The number of benzene rings is 5. The van der Waals surface area contributed by atoms with Crippen molar-refractivity contribution in [2.45, 2.75) is 63.4 Å². The van der Waals surface area contributed by atoms with Gasteiger partial charge < -0.3 is 30.6 Å². The van der Waals surface area contributed by atoms with E-state index in [2.05, 4.69) is 39.7 Å². The van der Waals surface area contributed by atoms with Crippen LogP contribution in [0.5, 0.6) is 0 Å². The molecule has 15 heteroatoms. The summed E-state index contributed by atoms with van der Waals surface area (Å²) in [4.78, 5) is 59.6. The number of carbonyl (C=O) groups is 4. The summed E-state index contributed by atoms with van der Waals surface area (Å²) in [5.41, 5.74) is 6.03. The smallest absolute Gasteiger partial charge is 0.337 e.